The number of aliphatic imine (C=N–C) groups is 1. The van der Waals surface area contributed by atoms with Crippen molar-refractivity contribution < 1.29 is 9.90 Å². The SMILES string of the molecule is CCCCCCCCC(CCC(Nc1ccc[nH]1)C(=CC(=O)O)CN=C(N)N)C1CCCCC1. The Balaban J connectivity index is 2.09. The number of hydrogen-bond acceptors (Lipinski definition) is 3. The molecule has 2 unspecified atom stereocenters. The van der Waals surface area contributed by atoms with Crippen molar-refractivity contribution in [2.75, 3.05) is 11.9 Å². The minimum Gasteiger partial charge on any atom is -0.478 e. The third kappa shape index (κ3) is 11.1. The first kappa shape index (κ1) is 27.8. The average molecular weight is 474 g/mol. The van der Waals surface area contributed by atoms with E-state index in [-0.39, 0.29) is 18.5 Å². The molecule has 0 radical (unpaired) electrons. The monoisotopic (exact) mass is 473 g/mol. The highest BCUT2D eigenvalue weighted by atomic mass is 16.4. The van der Waals surface area contributed by atoms with Crippen molar-refractivity contribution in [3.63, 3.8) is 0 Å². The molecule has 7 heteroatoms. The Hall–Kier alpha value is -2.44. The van der Waals surface area contributed by atoms with E-state index in [1.165, 1.54) is 83.1 Å². The fraction of sp³-hybridized carbons (Fsp3) is 0.704. The second-order valence-corrected chi connectivity index (χ2v) is 9.87. The summed E-state index contributed by atoms with van der Waals surface area (Å²) < 4.78 is 0. The van der Waals surface area contributed by atoms with Crippen LogP contribution in [0.5, 0.6) is 0 Å². The number of carboxylic acids is 1. The number of aliphatic carboxylic acids is 1. The summed E-state index contributed by atoms with van der Waals surface area (Å²) in [6.45, 7) is 2.44. The maximum atomic E-state index is 11.6. The van der Waals surface area contributed by atoms with Gasteiger partial charge in [0.15, 0.2) is 5.96 Å². The van der Waals surface area contributed by atoms with Crippen molar-refractivity contribution in [2.45, 2.75) is 103 Å². The number of aromatic amines is 1. The Morgan fingerprint density at radius 1 is 1.15 bits per heavy atom. The topological polar surface area (TPSA) is 130 Å². The maximum Gasteiger partial charge on any atom is 0.328 e. The molecule has 1 aliphatic carbocycles. The minimum atomic E-state index is -0.977. The molecule has 2 atom stereocenters. The van der Waals surface area contributed by atoms with Gasteiger partial charge in [-0.3, -0.25) is 0 Å². The molecule has 1 heterocycles. The van der Waals surface area contributed by atoms with E-state index in [0.29, 0.717) is 11.5 Å². The summed E-state index contributed by atoms with van der Waals surface area (Å²) in [7, 11) is 0. The van der Waals surface area contributed by atoms with Gasteiger partial charge in [-0.15, -0.1) is 0 Å². The molecule has 7 nitrogen and oxygen atoms in total. The first-order valence-corrected chi connectivity index (χ1v) is 13.4. The number of hydrogen-bond donors (Lipinski definition) is 5. The number of aromatic nitrogens is 1. The van der Waals surface area contributed by atoms with Crippen LogP contribution in [0.25, 0.3) is 0 Å². The molecule has 0 spiro atoms. The number of H-pyrrole nitrogens is 1. The molecule has 0 bridgehead atoms. The lowest BCUT2D eigenvalue weighted by Gasteiger charge is -2.32. The molecule has 1 fully saturated rings. The Kier molecular flexibility index (Phi) is 13.3. The van der Waals surface area contributed by atoms with Crippen molar-refractivity contribution in [3.8, 4) is 0 Å². The third-order valence-corrected chi connectivity index (χ3v) is 7.20. The van der Waals surface area contributed by atoms with E-state index >= 15 is 0 Å². The van der Waals surface area contributed by atoms with Crippen molar-refractivity contribution in [1.29, 1.82) is 0 Å². The fourth-order valence-corrected chi connectivity index (χ4v) is 5.34. The molecule has 0 saturated heterocycles. The highest BCUT2D eigenvalue weighted by Gasteiger charge is 2.25. The van der Waals surface area contributed by atoms with E-state index in [1.807, 2.05) is 18.3 Å². The molecule has 34 heavy (non-hydrogen) atoms. The fourth-order valence-electron chi connectivity index (χ4n) is 5.34. The van der Waals surface area contributed by atoms with Crippen LogP contribution in [0.15, 0.2) is 35.0 Å². The molecule has 7 N–H and O–H groups in total. The predicted molar refractivity (Wildman–Crippen MR) is 142 cm³/mol. The number of unbranched alkanes of at least 4 members (excludes halogenated alkanes) is 5. The summed E-state index contributed by atoms with van der Waals surface area (Å²) in [5, 5.41) is 13.0. The first-order valence-electron chi connectivity index (χ1n) is 13.4. The summed E-state index contributed by atoms with van der Waals surface area (Å²) in [6.07, 6.45) is 21.0. The molecule has 1 aromatic rings. The van der Waals surface area contributed by atoms with E-state index in [9.17, 15) is 9.90 Å². The van der Waals surface area contributed by atoms with Gasteiger partial charge in [0.2, 0.25) is 0 Å². The number of nitrogens with one attached hydrogen (secondary N) is 2. The number of guanidine groups is 1. The van der Waals surface area contributed by atoms with Crippen LogP contribution in [-0.4, -0.2) is 34.6 Å². The van der Waals surface area contributed by atoms with Crippen LogP contribution in [0.1, 0.15) is 96.8 Å². The van der Waals surface area contributed by atoms with Crippen LogP contribution in [0.4, 0.5) is 5.82 Å². The van der Waals surface area contributed by atoms with Gasteiger partial charge in [-0.25, -0.2) is 9.79 Å². The van der Waals surface area contributed by atoms with Crippen LogP contribution in [0.2, 0.25) is 0 Å². The van der Waals surface area contributed by atoms with Crippen LogP contribution in [-0.2, 0) is 4.79 Å². The number of carbonyl (C=O) groups is 1. The zero-order valence-electron chi connectivity index (χ0n) is 21.1. The largest absolute Gasteiger partial charge is 0.478 e. The Bertz CT molecular complexity index is 734. The number of carboxylic acid groups (broad SMARTS) is 1. The van der Waals surface area contributed by atoms with Crippen molar-refractivity contribution in [2.24, 2.45) is 28.3 Å². The molecule has 0 aliphatic heterocycles. The summed E-state index contributed by atoms with van der Waals surface area (Å²) in [4.78, 5) is 18.9. The van der Waals surface area contributed by atoms with Gasteiger partial charge < -0.3 is 26.9 Å². The quantitative estimate of drug-likeness (QED) is 0.0844. The molecule has 2 rings (SSSR count). The highest BCUT2D eigenvalue weighted by molar-refractivity contribution is 5.81. The summed E-state index contributed by atoms with van der Waals surface area (Å²) in [6, 6.07) is 3.74. The van der Waals surface area contributed by atoms with E-state index in [4.69, 9.17) is 11.5 Å². The second-order valence-electron chi connectivity index (χ2n) is 9.87. The van der Waals surface area contributed by atoms with Gasteiger partial charge in [-0.2, -0.15) is 0 Å². The van der Waals surface area contributed by atoms with E-state index in [1.54, 1.807) is 0 Å². The van der Waals surface area contributed by atoms with E-state index in [0.717, 1.165) is 24.6 Å². The standard InChI is InChI=1S/C27H47N5O2/c1-2-3-4-5-6-8-14-22(21-12-9-7-10-13-21)16-17-24(32-25-15-11-18-30-25)23(19-26(33)34)20-31-27(28)29/h11,15,18-19,21-22,24,30,32H,2-10,12-14,16-17,20H2,1H3,(H,33,34)(H4,28,29,31). The second kappa shape index (κ2) is 16.2. The Morgan fingerprint density at radius 2 is 1.88 bits per heavy atom. The van der Waals surface area contributed by atoms with Gasteiger partial charge >= 0.3 is 5.97 Å². The molecular weight excluding hydrogens is 426 g/mol. The third-order valence-electron chi connectivity index (χ3n) is 7.20. The molecule has 0 amide bonds. The molecule has 1 aliphatic rings. The molecule has 1 saturated carbocycles. The first-order chi connectivity index (χ1) is 16.5. The van der Waals surface area contributed by atoms with E-state index in [2.05, 4.69) is 22.2 Å². The van der Waals surface area contributed by atoms with Gasteiger partial charge in [-0.1, -0.05) is 84.0 Å². The number of rotatable bonds is 17. The lowest BCUT2D eigenvalue weighted by atomic mass is 9.75. The Labute approximate surface area is 205 Å². The zero-order valence-corrected chi connectivity index (χ0v) is 21.1. The summed E-state index contributed by atoms with van der Waals surface area (Å²) >= 11 is 0. The predicted octanol–water partition coefficient (Wildman–Crippen LogP) is 5.81. The van der Waals surface area contributed by atoms with Crippen LogP contribution < -0.4 is 16.8 Å². The van der Waals surface area contributed by atoms with Crippen LogP contribution >= 0.6 is 0 Å². The molecule has 192 valence electrons. The molecule has 1 aromatic heterocycles. The van der Waals surface area contributed by atoms with Crippen LogP contribution in [0.3, 0.4) is 0 Å². The van der Waals surface area contributed by atoms with Crippen molar-refractivity contribution in [3.05, 3.63) is 30.0 Å². The van der Waals surface area contributed by atoms with Gasteiger partial charge in [0.05, 0.1) is 12.6 Å². The van der Waals surface area contributed by atoms with Crippen molar-refractivity contribution >= 4 is 17.7 Å². The number of nitrogens with zero attached hydrogens (tertiary/aromatic N) is 1. The number of nitrogens with two attached hydrogens (primary N) is 2. The minimum absolute atomic E-state index is 0.0296. The van der Waals surface area contributed by atoms with Gasteiger partial charge in [0.1, 0.15) is 5.82 Å². The van der Waals surface area contributed by atoms with E-state index < -0.39 is 5.97 Å². The molecule has 0 aromatic carbocycles. The highest BCUT2D eigenvalue weighted by Crippen LogP contribution is 2.36. The molecular formula is C27H47N5O2. The van der Waals surface area contributed by atoms with Crippen molar-refractivity contribution in [1.82, 2.24) is 4.98 Å². The van der Waals surface area contributed by atoms with Gasteiger partial charge in [0.25, 0.3) is 0 Å². The lowest BCUT2D eigenvalue weighted by Crippen LogP contribution is -2.29. The lowest BCUT2D eigenvalue weighted by molar-refractivity contribution is -0.131. The summed E-state index contributed by atoms with van der Waals surface area (Å²) in [5.41, 5.74) is 11.8. The zero-order chi connectivity index (χ0) is 24.6. The average Bonchev–Trinajstić information content (AvgIpc) is 3.33. The van der Waals surface area contributed by atoms with Gasteiger partial charge in [-0.05, 0) is 42.4 Å². The summed E-state index contributed by atoms with van der Waals surface area (Å²) in [5.74, 6) is 1.35. The van der Waals surface area contributed by atoms with Crippen LogP contribution in [0, 0.1) is 11.8 Å². The Morgan fingerprint density at radius 3 is 2.53 bits per heavy atom. The van der Waals surface area contributed by atoms with Gasteiger partial charge in [0, 0.05) is 12.3 Å². The normalized spacial score (nSPS) is 16.7. The maximum absolute atomic E-state index is 11.6. The smallest absolute Gasteiger partial charge is 0.328 e. The number of anilines is 1.